The van der Waals surface area contributed by atoms with Gasteiger partial charge in [-0.2, -0.15) is 5.10 Å². The van der Waals surface area contributed by atoms with E-state index < -0.39 is 0 Å². The number of nitrogens with two attached hydrogens (primary N) is 1. The normalized spacial score (nSPS) is 24.0. The molecule has 2 atom stereocenters. The summed E-state index contributed by atoms with van der Waals surface area (Å²) in [6.07, 6.45) is 5.18. The molecule has 1 aliphatic heterocycles. The summed E-state index contributed by atoms with van der Waals surface area (Å²) >= 11 is 0. The summed E-state index contributed by atoms with van der Waals surface area (Å²) in [5.41, 5.74) is 7.57. The van der Waals surface area contributed by atoms with Gasteiger partial charge >= 0.3 is 0 Å². The summed E-state index contributed by atoms with van der Waals surface area (Å²) in [6, 6.07) is 7.60. The Labute approximate surface area is 158 Å². The Hall–Kier alpha value is -2.41. The Morgan fingerprint density at radius 2 is 1.70 bits per heavy atom. The number of aromatic amines is 1. The second-order valence-electron chi connectivity index (χ2n) is 7.64. The van der Waals surface area contributed by atoms with Crippen LogP contribution in [0, 0.1) is 5.92 Å². The van der Waals surface area contributed by atoms with Crippen LogP contribution < -0.4 is 5.73 Å². The number of hydrogen-bond acceptors (Lipinski definition) is 4. The van der Waals surface area contributed by atoms with E-state index in [-0.39, 0.29) is 23.8 Å². The SMILES string of the molecule is NC1CCCCCC1C(=O)N1CCN(C(=O)c2n[nH]c3ccccc23)CC1. The quantitative estimate of drug-likeness (QED) is 0.789. The first-order valence-electron chi connectivity index (χ1n) is 9.92. The van der Waals surface area contributed by atoms with Crippen molar-refractivity contribution in [1.29, 1.82) is 0 Å². The Morgan fingerprint density at radius 3 is 2.52 bits per heavy atom. The van der Waals surface area contributed by atoms with Crippen LogP contribution in [0.5, 0.6) is 0 Å². The van der Waals surface area contributed by atoms with Crippen LogP contribution in [0.2, 0.25) is 0 Å². The Balaban J connectivity index is 1.40. The zero-order valence-corrected chi connectivity index (χ0v) is 15.6. The largest absolute Gasteiger partial charge is 0.339 e. The van der Waals surface area contributed by atoms with Gasteiger partial charge in [0.05, 0.1) is 11.4 Å². The van der Waals surface area contributed by atoms with Crippen LogP contribution in [0.4, 0.5) is 0 Å². The minimum atomic E-state index is -0.0780. The number of nitrogens with one attached hydrogen (secondary N) is 1. The summed E-state index contributed by atoms with van der Waals surface area (Å²) in [4.78, 5) is 29.5. The van der Waals surface area contributed by atoms with Gasteiger partial charge in [0.1, 0.15) is 0 Å². The van der Waals surface area contributed by atoms with Gasteiger partial charge in [0.25, 0.3) is 5.91 Å². The van der Waals surface area contributed by atoms with Crippen LogP contribution in [0.15, 0.2) is 24.3 Å². The topological polar surface area (TPSA) is 95.3 Å². The van der Waals surface area contributed by atoms with Gasteiger partial charge < -0.3 is 15.5 Å². The maximum absolute atomic E-state index is 12.9. The number of para-hydroxylation sites is 1. The van der Waals surface area contributed by atoms with Gasteiger partial charge in [0, 0.05) is 37.6 Å². The molecule has 2 amide bonds. The van der Waals surface area contributed by atoms with E-state index in [0.29, 0.717) is 31.9 Å². The molecule has 0 spiro atoms. The minimum Gasteiger partial charge on any atom is -0.339 e. The molecule has 1 saturated carbocycles. The van der Waals surface area contributed by atoms with Crippen molar-refractivity contribution in [3.63, 3.8) is 0 Å². The summed E-state index contributed by atoms with van der Waals surface area (Å²) in [6.45, 7) is 2.20. The lowest BCUT2D eigenvalue weighted by Gasteiger charge is -2.37. The predicted molar refractivity (Wildman–Crippen MR) is 103 cm³/mol. The van der Waals surface area contributed by atoms with Crippen LogP contribution in [0.25, 0.3) is 10.9 Å². The van der Waals surface area contributed by atoms with E-state index in [0.717, 1.165) is 43.0 Å². The number of carbonyl (C=O) groups excluding carboxylic acids is 2. The molecule has 7 heteroatoms. The monoisotopic (exact) mass is 369 g/mol. The van der Waals surface area contributed by atoms with Crippen LogP contribution in [-0.2, 0) is 4.79 Å². The average molecular weight is 369 g/mol. The number of nitrogens with zero attached hydrogens (tertiary/aromatic N) is 3. The first-order chi connectivity index (χ1) is 13.1. The number of aromatic nitrogens is 2. The molecule has 4 rings (SSSR count). The fourth-order valence-corrected chi connectivity index (χ4v) is 4.28. The van der Waals surface area contributed by atoms with Crippen molar-refractivity contribution in [1.82, 2.24) is 20.0 Å². The fraction of sp³-hybridized carbons (Fsp3) is 0.550. The van der Waals surface area contributed by atoms with Crippen molar-refractivity contribution in [2.45, 2.75) is 38.1 Å². The van der Waals surface area contributed by atoms with E-state index in [9.17, 15) is 9.59 Å². The number of benzene rings is 1. The number of carbonyl (C=O) groups is 2. The maximum atomic E-state index is 12.9. The highest BCUT2D eigenvalue weighted by atomic mass is 16.2. The molecule has 7 nitrogen and oxygen atoms in total. The van der Waals surface area contributed by atoms with Crippen LogP contribution >= 0.6 is 0 Å². The van der Waals surface area contributed by atoms with Gasteiger partial charge in [-0.25, -0.2) is 0 Å². The first-order valence-corrected chi connectivity index (χ1v) is 9.92. The van der Waals surface area contributed by atoms with Crippen LogP contribution in [-0.4, -0.2) is 64.0 Å². The van der Waals surface area contributed by atoms with Crippen molar-refractivity contribution in [2.75, 3.05) is 26.2 Å². The van der Waals surface area contributed by atoms with Gasteiger partial charge in [-0.1, -0.05) is 37.5 Å². The summed E-state index contributed by atoms with van der Waals surface area (Å²) in [7, 11) is 0. The highest BCUT2D eigenvalue weighted by Gasteiger charge is 2.33. The molecule has 2 aromatic rings. The summed E-state index contributed by atoms with van der Waals surface area (Å²) < 4.78 is 0. The maximum Gasteiger partial charge on any atom is 0.275 e. The summed E-state index contributed by atoms with van der Waals surface area (Å²) in [5.74, 6) is 0.0254. The highest BCUT2D eigenvalue weighted by Crippen LogP contribution is 2.25. The van der Waals surface area contributed by atoms with E-state index in [1.807, 2.05) is 29.2 Å². The molecule has 2 fully saturated rings. The van der Waals surface area contributed by atoms with E-state index in [1.165, 1.54) is 0 Å². The molecule has 2 aliphatic rings. The Kier molecular flexibility index (Phi) is 5.11. The molecule has 27 heavy (non-hydrogen) atoms. The minimum absolute atomic E-state index is 0.0323. The van der Waals surface area contributed by atoms with Gasteiger partial charge in [0.2, 0.25) is 5.91 Å². The first kappa shape index (κ1) is 18.0. The molecular weight excluding hydrogens is 342 g/mol. The molecule has 2 unspecified atom stereocenters. The zero-order valence-electron chi connectivity index (χ0n) is 15.6. The van der Waals surface area contributed by atoms with Crippen molar-refractivity contribution in [3.8, 4) is 0 Å². The van der Waals surface area contributed by atoms with Crippen LogP contribution in [0.3, 0.4) is 0 Å². The van der Waals surface area contributed by atoms with E-state index in [1.54, 1.807) is 4.90 Å². The molecule has 1 saturated heterocycles. The van der Waals surface area contributed by atoms with Gasteiger partial charge in [-0.05, 0) is 18.9 Å². The standard InChI is InChI=1S/C20H27N5O2/c21-16-8-3-1-2-6-14(16)19(26)24-10-12-25(13-11-24)20(27)18-15-7-4-5-9-17(15)22-23-18/h4-5,7,9,14,16H,1-3,6,8,10-13,21H2,(H,22,23). The molecular formula is C20H27N5O2. The average Bonchev–Trinajstić information content (AvgIpc) is 3.02. The molecule has 1 aliphatic carbocycles. The summed E-state index contributed by atoms with van der Waals surface area (Å²) in [5, 5.41) is 7.96. The molecule has 3 N–H and O–H groups in total. The van der Waals surface area contributed by atoms with Gasteiger partial charge in [-0.15, -0.1) is 0 Å². The Bertz CT molecular complexity index is 825. The van der Waals surface area contributed by atoms with Gasteiger partial charge in [-0.3, -0.25) is 14.7 Å². The lowest BCUT2D eigenvalue weighted by atomic mass is 9.93. The number of H-pyrrole nitrogens is 1. The van der Waals surface area contributed by atoms with E-state index >= 15 is 0 Å². The number of piperazine rings is 1. The third-order valence-corrected chi connectivity index (χ3v) is 5.94. The van der Waals surface area contributed by atoms with Gasteiger partial charge in [0.15, 0.2) is 5.69 Å². The smallest absolute Gasteiger partial charge is 0.275 e. The molecule has 1 aromatic heterocycles. The number of fused-ring (bicyclic) bond motifs is 1. The van der Waals surface area contributed by atoms with Crippen molar-refractivity contribution >= 4 is 22.7 Å². The molecule has 144 valence electrons. The number of rotatable bonds is 2. The third-order valence-electron chi connectivity index (χ3n) is 5.94. The van der Waals surface area contributed by atoms with Crippen molar-refractivity contribution < 1.29 is 9.59 Å². The highest BCUT2D eigenvalue weighted by molar-refractivity contribution is 6.04. The molecule has 0 radical (unpaired) electrons. The molecule has 0 bridgehead atoms. The molecule has 2 heterocycles. The lowest BCUT2D eigenvalue weighted by Crippen LogP contribution is -2.53. The third kappa shape index (κ3) is 3.56. The number of amides is 2. The van der Waals surface area contributed by atoms with E-state index in [2.05, 4.69) is 10.2 Å². The predicted octanol–water partition coefficient (Wildman–Crippen LogP) is 1.75. The lowest BCUT2D eigenvalue weighted by molar-refractivity contribution is -0.138. The van der Waals surface area contributed by atoms with Crippen molar-refractivity contribution in [2.24, 2.45) is 11.7 Å². The van der Waals surface area contributed by atoms with Crippen molar-refractivity contribution in [3.05, 3.63) is 30.0 Å². The molecule has 1 aromatic carbocycles. The number of hydrogen-bond donors (Lipinski definition) is 2. The fourth-order valence-electron chi connectivity index (χ4n) is 4.28. The van der Waals surface area contributed by atoms with E-state index in [4.69, 9.17) is 5.73 Å². The second kappa shape index (κ2) is 7.68. The second-order valence-corrected chi connectivity index (χ2v) is 7.64. The Morgan fingerprint density at radius 1 is 1.00 bits per heavy atom. The zero-order chi connectivity index (χ0) is 18.8. The van der Waals surface area contributed by atoms with Crippen LogP contribution in [0.1, 0.15) is 42.6 Å².